The summed E-state index contributed by atoms with van der Waals surface area (Å²) in [6, 6.07) is 9.29. The number of hydrogen-bond acceptors (Lipinski definition) is 5. The summed E-state index contributed by atoms with van der Waals surface area (Å²) in [4.78, 5) is 14.3. The number of benzene rings is 1. The fourth-order valence-corrected chi connectivity index (χ4v) is 2.09. The summed E-state index contributed by atoms with van der Waals surface area (Å²) in [5, 5.41) is 0. The topological polar surface area (TPSA) is 48.0 Å². The quantitative estimate of drug-likeness (QED) is 0.747. The summed E-state index contributed by atoms with van der Waals surface area (Å²) in [5.74, 6) is 0.312. The van der Waals surface area contributed by atoms with E-state index in [1.54, 1.807) is 13.8 Å². The third kappa shape index (κ3) is 5.02. The lowest BCUT2D eigenvalue weighted by Gasteiger charge is -2.28. The molecule has 1 aliphatic rings. The molecule has 1 aromatic carbocycles. The lowest BCUT2D eigenvalue weighted by atomic mass is 10.1. The molecule has 0 saturated carbocycles. The first-order chi connectivity index (χ1) is 10.1. The zero-order valence-corrected chi connectivity index (χ0v) is 12.7. The van der Waals surface area contributed by atoms with Gasteiger partial charge in [0.05, 0.1) is 13.2 Å². The van der Waals surface area contributed by atoms with Gasteiger partial charge in [0.1, 0.15) is 12.4 Å². The predicted octanol–water partition coefficient (Wildman–Crippen LogP) is 1.72. The van der Waals surface area contributed by atoms with Crippen LogP contribution in [0.25, 0.3) is 0 Å². The first kappa shape index (κ1) is 15.8. The Bertz CT molecular complexity index is 441. The monoisotopic (exact) mass is 293 g/mol. The van der Waals surface area contributed by atoms with Gasteiger partial charge in [-0.3, -0.25) is 4.90 Å². The molecule has 21 heavy (non-hydrogen) atoms. The molecule has 1 aliphatic heterocycles. The van der Waals surface area contributed by atoms with Crippen molar-refractivity contribution < 1.29 is 19.0 Å². The highest BCUT2D eigenvalue weighted by Crippen LogP contribution is 2.18. The van der Waals surface area contributed by atoms with Crippen LogP contribution in [0.1, 0.15) is 13.8 Å². The molecular weight excluding hydrogens is 270 g/mol. The number of nitrogens with zero attached hydrogens (tertiary/aromatic N) is 1. The molecule has 1 saturated heterocycles. The van der Waals surface area contributed by atoms with E-state index in [4.69, 9.17) is 14.2 Å². The van der Waals surface area contributed by atoms with Gasteiger partial charge in [0.2, 0.25) is 0 Å². The van der Waals surface area contributed by atoms with Crippen molar-refractivity contribution in [1.29, 1.82) is 0 Å². The minimum Gasteiger partial charge on any atom is -0.476 e. The molecule has 0 radical (unpaired) electrons. The number of carbonyl (C=O) groups is 1. The molecule has 0 N–H and O–H groups in total. The fraction of sp³-hybridized carbons (Fsp3) is 0.562. The lowest BCUT2D eigenvalue weighted by molar-refractivity contribution is -0.159. The van der Waals surface area contributed by atoms with Crippen LogP contribution in [-0.2, 0) is 14.3 Å². The maximum Gasteiger partial charge on any atom is 0.349 e. The van der Waals surface area contributed by atoms with E-state index in [9.17, 15) is 4.79 Å². The van der Waals surface area contributed by atoms with Crippen molar-refractivity contribution in [1.82, 2.24) is 4.90 Å². The highest BCUT2D eigenvalue weighted by molar-refractivity contribution is 5.79. The minimum absolute atomic E-state index is 0.348. The average molecular weight is 293 g/mol. The molecule has 1 heterocycles. The van der Waals surface area contributed by atoms with Gasteiger partial charge in [-0.05, 0) is 26.0 Å². The lowest BCUT2D eigenvalue weighted by Crippen LogP contribution is -2.42. The largest absolute Gasteiger partial charge is 0.476 e. The second-order valence-electron chi connectivity index (χ2n) is 5.52. The van der Waals surface area contributed by atoms with Crippen LogP contribution >= 0.6 is 0 Å². The van der Waals surface area contributed by atoms with Crippen LogP contribution in [0.5, 0.6) is 5.75 Å². The van der Waals surface area contributed by atoms with Crippen LogP contribution in [0.15, 0.2) is 30.3 Å². The van der Waals surface area contributed by atoms with E-state index in [1.165, 1.54) is 0 Å². The third-order valence-corrected chi connectivity index (χ3v) is 3.35. The van der Waals surface area contributed by atoms with Crippen molar-refractivity contribution in [3.05, 3.63) is 30.3 Å². The van der Waals surface area contributed by atoms with E-state index in [1.807, 2.05) is 30.3 Å². The Morgan fingerprint density at radius 2 is 1.90 bits per heavy atom. The number of morpholine rings is 1. The Hall–Kier alpha value is -1.59. The Labute approximate surface area is 125 Å². The maximum atomic E-state index is 12.1. The molecule has 1 aromatic rings. The van der Waals surface area contributed by atoms with Gasteiger partial charge in [0.15, 0.2) is 5.60 Å². The highest BCUT2D eigenvalue weighted by Gasteiger charge is 2.31. The van der Waals surface area contributed by atoms with Crippen LogP contribution in [-0.4, -0.2) is 55.9 Å². The first-order valence-corrected chi connectivity index (χ1v) is 7.29. The zero-order chi connectivity index (χ0) is 15.1. The van der Waals surface area contributed by atoms with Crippen molar-refractivity contribution in [2.75, 3.05) is 39.5 Å². The third-order valence-electron chi connectivity index (χ3n) is 3.35. The molecule has 116 valence electrons. The van der Waals surface area contributed by atoms with Crippen LogP contribution in [0, 0.1) is 0 Å². The number of ether oxygens (including phenoxy) is 3. The molecule has 0 spiro atoms. The van der Waals surface area contributed by atoms with E-state index in [2.05, 4.69) is 4.90 Å². The smallest absolute Gasteiger partial charge is 0.349 e. The van der Waals surface area contributed by atoms with Crippen molar-refractivity contribution >= 4 is 5.97 Å². The fourth-order valence-electron chi connectivity index (χ4n) is 2.09. The second kappa shape index (κ2) is 7.43. The van der Waals surface area contributed by atoms with Gasteiger partial charge in [-0.1, -0.05) is 18.2 Å². The molecule has 0 unspecified atom stereocenters. The van der Waals surface area contributed by atoms with E-state index >= 15 is 0 Å². The standard InChI is InChI=1S/C16H23NO4/c1-16(2,21-14-6-4-3-5-7-14)15(18)20-13-10-17-8-11-19-12-9-17/h3-7H,8-13H2,1-2H3. The summed E-state index contributed by atoms with van der Waals surface area (Å²) >= 11 is 0. The summed E-state index contributed by atoms with van der Waals surface area (Å²) in [6.45, 7) is 7.82. The summed E-state index contributed by atoms with van der Waals surface area (Å²) in [6.07, 6.45) is 0. The van der Waals surface area contributed by atoms with E-state index in [-0.39, 0.29) is 5.97 Å². The van der Waals surface area contributed by atoms with Gasteiger partial charge < -0.3 is 14.2 Å². The number of hydrogen-bond donors (Lipinski definition) is 0. The molecule has 1 fully saturated rings. The highest BCUT2D eigenvalue weighted by atomic mass is 16.6. The molecule has 0 aliphatic carbocycles. The Balaban J connectivity index is 1.75. The van der Waals surface area contributed by atoms with E-state index in [0.717, 1.165) is 32.8 Å². The SMILES string of the molecule is CC(C)(Oc1ccccc1)C(=O)OCCN1CCOCC1. The molecule has 0 amide bonds. The normalized spacial score (nSPS) is 16.5. The van der Waals surface area contributed by atoms with Crippen molar-refractivity contribution in [2.24, 2.45) is 0 Å². The zero-order valence-electron chi connectivity index (χ0n) is 12.7. The van der Waals surface area contributed by atoms with E-state index < -0.39 is 5.60 Å². The van der Waals surface area contributed by atoms with Crippen LogP contribution in [0.3, 0.4) is 0 Å². The van der Waals surface area contributed by atoms with Crippen molar-refractivity contribution in [3.8, 4) is 5.75 Å². The Morgan fingerprint density at radius 1 is 1.24 bits per heavy atom. The first-order valence-electron chi connectivity index (χ1n) is 7.29. The Kier molecular flexibility index (Phi) is 5.59. The molecule has 2 rings (SSSR count). The van der Waals surface area contributed by atoms with Gasteiger partial charge in [-0.25, -0.2) is 4.79 Å². The summed E-state index contributed by atoms with van der Waals surface area (Å²) in [7, 11) is 0. The van der Waals surface area contributed by atoms with Crippen LogP contribution in [0.2, 0.25) is 0 Å². The Morgan fingerprint density at radius 3 is 2.57 bits per heavy atom. The molecule has 5 nitrogen and oxygen atoms in total. The van der Waals surface area contributed by atoms with Gasteiger partial charge >= 0.3 is 5.97 Å². The summed E-state index contributed by atoms with van der Waals surface area (Å²) in [5.41, 5.74) is -0.994. The number of rotatable bonds is 6. The van der Waals surface area contributed by atoms with Crippen LogP contribution < -0.4 is 4.74 Å². The second-order valence-corrected chi connectivity index (χ2v) is 5.52. The number of para-hydroxylation sites is 1. The van der Waals surface area contributed by atoms with Crippen molar-refractivity contribution in [2.45, 2.75) is 19.4 Å². The summed E-state index contributed by atoms with van der Waals surface area (Å²) < 4.78 is 16.3. The van der Waals surface area contributed by atoms with Gasteiger partial charge in [-0.15, -0.1) is 0 Å². The molecule has 5 heteroatoms. The minimum atomic E-state index is -0.994. The average Bonchev–Trinajstić information content (AvgIpc) is 2.49. The van der Waals surface area contributed by atoms with Gasteiger partial charge in [0, 0.05) is 19.6 Å². The van der Waals surface area contributed by atoms with Gasteiger partial charge in [0.25, 0.3) is 0 Å². The van der Waals surface area contributed by atoms with E-state index in [0.29, 0.717) is 12.4 Å². The number of esters is 1. The van der Waals surface area contributed by atoms with Gasteiger partial charge in [-0.2, -0.15) is 0 Å². The molecule has 0 aromatic heterocycles. The molecular formula is C16H23NO4. The van der Waals surface area contributed by atoms with Crippen LogP contribution in [0.4, 0.5) is 0 Å². The molecule has 0 atom stereocenters. The predicted molar refractivity (Wildman–Crippen MR) is 79.4 cm³/mol. The maximum absolute atomic E-state index is 12.1. The number of carbonyl (C=O) groups excluding carboxylic acids is 1. The molecule has 0 bridgehead atoms. The van der Waals surface area contributed by atoms with Crippen molar-refractivity contribution in [3.63, 3.8) is 0 Å².